The minimum atomic E-state index is -0.672. The molecule has 2 N–H and O–H groups in total. The predicted molar refractivity (Wildman–Crippen MR) is 73.1 cm³/mol. The maximum absolute atomic E-state index is 9.61. The normalized spacial score (nSPS) is 14.3. The highest BCUT2D eigenvalue weighted by Crippen LogP contribution is 2.24. The molecule has 0 heterocycles. The number of aryl methyl sites for hydroxylation is 3. The van der Waals surface area contributed by atoms with Crippen LogP contribution in [-0.4, -0.2) is 29.0 Å². The summed E-state index contributed by atoms with van der Waals surface area (Å²) in [6, 6.07) is 4.15. The highest BCUT2D eigenvalue weighted by atomic mass is 16.5. The van der Waals surface area contributed by atoms with Gasteiger partial charge in [0.2, 0.25) is 0 Å². The third-order valence-electron chi connectivity index (χ3n) is 3.20. The zero-order valence-corrected chi connectivity index (χ0v) is 11.7. The number of benzene rings is 1. The third-order valence-corrected chi connectivity index (χ3v) is 3.20. The lowest BCUT2D eigenvalue weighted by Gasteiger charge is -2.16. The van der Waals surface area contributed by atoms with E-state index in [0.29, 0.717) is 13.0 Å². The molecule has 102 valence electrons. The maximum Gasteiger partial charge on any atom is 0.122 e. The number of aliphatic hydroxyl groups is 2. The van der Waals surface area contributed by atoms with Crippen LogP contribution < -0.4 is 4.74 Å². The second-order valence-electron chi connectivity index (χ2n) is 4.82. The second-order valence-corrected chi connectivity index (χ2v) is 4.82. The zero-order valence-electron chi connectivity index (χ0n) is 11.7. The van der Waals surface area contributed by atoms with E-state index in [1.807, 2.05) is 26.8 Å². The van der Waals surface area contributed by atoms with Crippen molar-refractivity contribution in [2.75, 3.05) is 6.61 Å². The summed E-state index contributed by atoms with van der Waals surface area (Å²) in [6.07, 6.45) is 0.0160. The van der Waals surface area contributed by atoms with E-state index in [-0.39, 0.29) is 0 Å². The third kappa shape index (κ3) is 4.00. The summed E-state index contributed by atoms with van der Waals surface area (Å²) in [5, 5.41) is 18.9. The van der Waals surface area contributed by atoms with Crippen molar-refractivity contribution in [2.45, 2.75) is 52.7 Å². The Balaban J connectivity index is 2.75. The van der Waals surface area contributed by atoms with Crippen LogP contribution in [0.3, 0.4) is 0 Å². The molecule has 18 heavy (non-hydrogen) atoms. The molecule has 1 aromatic carbocycles. The summed E-state index contributed by atoms with van der Waals surface area (Å²) in [7, 11) is 0. The van der Waals surface area contributed by atoms with Crippen LogP contribution >= 0.6 is 0 Å². The Labute approximate surface area is 109 Å². The van der Waals surface area contributed by atoms with E-state index in [1.54, 1.807) is 6.92 Å². The van der Waals surface area contributed by atoms with Crippen LogP contribution in [0.2, 0.25) is 0 Å². The Bertz CT molecular complexity index is 386. The van der Waals surface area contributed by atoms with E-state index >= 15 is 0 Å². The fourth-order valence-electron chi connectivity index (χ4n) is 1.97. The van der Waals surface area contributed by atoms with Crippen molar-refractivity contribution in [3.8, 4) is 5.75 Å². The Morgan fingerprint density at radius 1 is 1.17 bits per heavy atom. The summed E-state index contributed by atoms with van der Waals surface area (Å²) in [5.41, 5.74) is 3.49. The van der Waals surface area contributed by atoms with Crippen molar-refractivity contribution in [1.29, 1.82) is 0 Å². The van der Waals surface area contributed by atoms with Crippen molar-refractivity contribution >= 4 is 0 Å². The molecule has 0 fully saturated rings. The molecule has 1 aromatic rings. The summed E-state index contributed by atoms with van der Waals surface area (Å²) in [5.74, 6) is 0.926. The molecule has 0 bridgehead atoms. The Morgan fingerprint density at radius 2 is 1.83 bits per heavy atom. The number of aliphatic hydroxyl groups excluding tert-OH is 2. The number of hydrogen-bond acceptors (Lipinski definition) is 3. The van der Waals surface area contributed by atoms with Gasteiger partial charge in [-0.15, -0.1) is 0 Å². The van der Waals surface area contributed by atoms with E-state index in [1.165, 1.54) is 11.1 Å². The molecule has 2 atom stereocenters. The molecule has 0 saturated carbocycles. The average Bonchev–Trinajstić information content (AvgIpc) is 2.31. The van der Waals surface area contributed by atoms with Crippen molar-refractivity contribution in [1.82, 2.24) is 0 Å². The van der Waals surface area contributed by atoms with Crippen LogP contribution in [0, 0.1) is 13.8 Å². The van der Waals surface area contributed by atoms with Crippen LogP contribution in [0.15, 0.2) is 12.1 Å². The molecule has 1 rings (SSSR count). The molecular weight excluding hydrogens is 228 g/mol. The van der Waals surface area contributed by atoms with Crippen LogP contribution in [0.5, 0.6) is 5.75 Å². The standard InChI is InChI=1S/C15H24O3/c1-5-18-15-9-10(2)13(8-11(15)3)6-7-14(17)12(4)16/h8-9,12,14,16-17H,5-7H2,1-4H3. The van der Waals surface area contributed by atoms with E-state index in [2.05, 4.69) is 6.07 Å². The highest BCUT2D eigenvalue weighted by molar-refractivity contribution is 5.41. The van der Waals surface area contributed by atoms with Gasteiger partial charge in [-0.25, -0.2) is 0 Å². The number of rotatable bonds is 6. The zero-order chi connectivity index (χ0) is 13.7. The fraction of sp³-hybridized carbons (Fsp3) is 0.600. The first-order valence-corrected chi connectivity index (χ1v) is 6.54. The van der Waals surface area contributed by atoms with Gasteiger partial charge in [0.15, 0.2) is 0 Å². The van der Waals surface area contributed by atoms with Gasteiger partial charge >= 0.3 is 0 Å². The minimum Gasteiger partial charge on any atom is -0.494 e. The highest BCUT2D eigenvalue weighted by Gasteiger charge is 2.12. The molecule has 0 saturated heterocycles. The van der Waals surface area contributed by atoms with Crippen LogP contribution in [0.4, 0.5) is 0 Å². The summed E-state index contributed by atoms with van der Waals surface area (Å²) < 4.78 is 5.55. The largest absolute Gasteiger partial charge is 0.494 e. The summed E-state index contributed by atoms with van der Waals surface area (Å²) in [6.45, 7) is 8.33. The molecule has 3 nitrogen and oxygen atoms in total. The Kier molecular flexibility index (Phi) is 5.63. The Morgan fingerprint density at radius 3 is 2.39 bits per heavy atom. The predicted octanol–water partition coefficient (Wildman–Crippen LogP) is 2.38. The van der Waals surface area contributed by atoms with Gasteiger partial charge in [0, 0.05) is 0 Å². The molecule has 0 aliphatic heterocycles. The van der Waals surface area contributed by atoms with Gasteiger partial charge < -0.3 is 14.9 Å². The van der Waals surface area contributed by atoms with Crippen LogP contribution in [0.25, 0.3) is 0 Å². The molecular formula is C15H24O3. The molecule has 0 amide bonds. The van der Waals surface area contributed by atoms with Gasteiger partial charge in [-0.3, -0.25) is 0 Å². The lowest BCUT2D eigenvalue weighted by molar-refractivity contribution is 0.0265. The lowest BCUT2D eigenvalue weighted by Crippen LogP contribution is -2.23. The number of hydrogen-bond donors (Lipinski definition) is 2. The quantitative estimate of drug-likeness (QED) is 0.817. The molecule has 2 unspecified atom stereocenters. The molecule has 0 spiro atoms. The second kappa shape index (κ2) is 6.76. The first-order valence-electron chi connectivity index (χ1n) is 6.54. The van der Waals surface area contributed by atoms with Crippen molar-refractivity contribution in [2.24, 2.45) is 0 Å². The number of ether oxygens (including phenoxy) is 1. The molecule has 0 aliphatic rings. The van der Waals surface area contributed by atoms with Crippen LogP contribution in [0.1, 0.15) is 37.0 Å². The maximum atomic E-state index is 9.61. The first kappa shape index (κ1) is 15.0. The monoisotopic (exact) mass is 252 g/mol. The smallest absolute Gasteiger partial charge is 0.122 e. The average molecular weight is 252 g/mol. The van der Waals surface area contributed by atoms with E-state index in [4.69, 9.17) is 4.74 Å². The molecule has 0 aromatic heterocycles. The topological polar surface area (TPSA) is 49.7 Å². The fourth-order valence-corrected chi connectivity index (χ4v) is 1.97. The van der Waals surface area contributed by atoms with Crippen molar-refractivity contribution < 1.29 is 14.9 Å². The van der Waals surface area contributed by atoms with Gasteiger partial charge in [-0.05, 0) is 63.3 Å². The van der Waals surface area contributed by atoms with Gasteiger partial charge in [-0.1, -0.05) is 6.07 Å². The van der Waals surface area contributed by atoms with E-state index in [0.717, 1.165) is 17.7 Å². The first-order chi connectivity index (χ1) is 8.45. The molecule has 0 radical (unpaired) electrons. The van der Waals surface area contributed by atoms with Gasteiger partial charge in [0.25, 0.3) is 0 Å². The Hall–Kier alpha value is -1.06. The van der Waals surface area contributed by atoms with Crippen LogP contribution in [-0.2, 0) is 6.42 Å². The van der Waals surface area contributed by atoms with Crippen molar-refractivity contribution in [3.05, 3.63) is 28.8 Å². The summed E-state index contributed by atoms with van der Waals surface area (Å²) >= 11 is 0. The minimum absolute atomic E-state index is 0.575. The van der Waals surface area contributed by atoms with E-state index < -0.39 is 12.2 Å². The molecule has 3 heteroatoms. The SMILES string of the molecule is CCOc1cc(C)c(CCC(O)C(C)O)cc1C. The summed E-state index contributed by atoms with van der Waals surface area (Å²) in [4.78, 5) is 0. The lowest BCUT2D eigenvalue weighted by atomic mass is 9.98. The van der Waals surface area contributed by atoms with E-state index in [9.17, 15) is 10.2 Å². The molecule has 0 aliphatic carbocycles. The van der Waals surface area contributed by atoms with Gasteiger partial charge in [0.1, 0.15) is 5.75 Å². The van der Waals surface area contributed by atoms with Gasteiger partial charge in [-0.2, -0.15) is 0 Å². The van der Waals surface area contributed by atoms with Crippen molar-refractivity contribution in [3.63, 3.8) is 0 Å². The van der Waals surface area contributed by atoms with Gasteiger partial charge in [0.05, 0.1) is 18.8 Å².